The molecular weight excluding hydrogens is 556 g/mol. The van der Waals surface area contributed by atoms with Gasteiger partial charge in [0.05, 0.1) is 19.0 Å². The summed E-state index contributed by atoms with van der Waals surface area (Å²) in [7, 11) is 0. The molecule has 0 fully saturated rings. The minimum atomic E-state index is -0.664. The highest BCUT2D eigenvalue weighted by atomic mass is 16.4. The van der Waals surface area contributed by atoms with Gasteiger partial charge in [-0.25, -0.2) is 0 Å². The normalized spacial score (nSPS) is 13.1. The number of allylic oxidation sites excluding steroid dienone is 4. The lowest BCUT2D eigenvalue weighted by molar-refractivity contribution is -0.137. The monoisotopic (exact) mass is 633 g/mol. The van der Waals surface area contributed by atoms with Crippen LogP contribution in [0.15, 0.2) is 29.3 Å². The number of aliphatic carboxylic acids is 1. The van der Waals surface area contributed by atoms with E-state index in [1.54, 1.807) is 0 Å². The zero-order chi connectivity index (χ0) is 32.9. The van der Waals surface area contributed by atoms with Gasteiger partial charge in [0.25, 0.3) is 0 Å². The van der Waals surface area contributed by atoms with Crippen molar-refractivity contribution in [1.82, 2.24) is 4.90 Å². The fourth-order valence-electron chi connectivity index (χ4n) is 5.83. The second-order valence-corrected chi connectivity index (χ2v) is 13.1. The minimum absolute atomic E-state index is 0.241. The first kappa shape index (κ1) is 43.4. The zero-order valence-corrected chi connectivity index (χ0v) is 30.1. The molecule has 1 rings (SSSR count). The summed E-state index contributed by atoms with van der Waals surface area (Å²) >= 11 is 0. The molecule has 5 heteroatoms. The number of amidine groups is 1. The number of carboxylic acids is 1. The van der Waals surface area contributed by atoms with Gasteiger partial charge in [-0.3, -0.25) is 9.79 Å². The van der Waals surface area contributed by atoms with Gasteiger partial charge < -0.3 is 15.1 Å². The Bertz CT molecular complexity index is 704. The topological polar surface area (TPSA) is 73.1 Å². The van der Waals surface area contributed by atoms with E-state index in [1.165, 1.54) is 160 Å². The summed E-state index contributed by atoms with van der Waals surface area (Å²) in [6.45, 7) is 7.45. The fraction of sp³-hybridized carbons (Fsp3) is 0.850. The quantitative estimate of drug-likeness (QED) is 0.0571. The number of hydrogen-bond acceptors (Lipinski definition) is 4. The first-order chi connectivity index (χ1) is 22.2. The van der Waals surface area contributed by atoms with Crippen molar-refractivity contribution in [2.75, 3.05) is 26.2 Å². The van der Waals surface area contributed by atoms with Crippen LogP contribution >= 0.6 is 0 Å². The van der Waals surface area contributed by atoms with Gasteiger partial charge in [-0.15, -0.1) is 0 Å². The van der Waals surface area contributed by atoms with E-state index in [0.29, 0.717) is 6.42 Å². The summed E-state index contributed by atoms with van der Waals surface area (Å²) < 4.78 is 0. The Labute approximate surface area is 280 Å². The van der Waals surface area contributed by atoms with E-state index in [2.05, 4.69) is 48.0 Å². The lowest BCUT2D eigenvalue weighted by Crippen LogP contribution is -2.30. The molecular formula is C40H76N2O3. The number of nitrogens with zero attached hydrogens (tertiary/aromatic N) is 2. The third kappa shape index (κ3) is 33.6. The number of hydrogen-bond donors (Lipinski definition) is 2. The van der Waals surface area contributed by atoms with Crippen molar-refractivity contribution in [3.63, 3.8) is 0 Å². The number of aliphatic imine (C=N–C) groups is 1. The van der Waals surface area contributed by atoms with Crippen molar-refractivity contribution in [3.05, 3.63) is 24.3 Å². The van der Waals surface area contributed by atoms with Crippen LogP contribution in [0.25, 0.3) is 0 Å². The average Bonchev–Trinajstić information content (AvgIpc) is 3.48. The molecule has 5 nitrogen and oxygen atoms in total. The summed E-state index contributed by atoms with van der Waals surface area (Å²) in [6.07, 6.45) is 44.6. The Hall–Kier alpha value is -1.62. The summed E-state index contributed by atoms with van der Waals surface area (Å²) in [5, 5.41) is 17.6. The molecule has 0 aliphatic carbocycles. The second kappa shape index (κ2) is 36.8. The molecule has 1 heterocycles. The van der Waals surface area contributed by atoms with Crippen molar-refractivity contribution in [1.29, 1.82) is 0 Å². The molecule has 1 aliphatic rings. The first-order valence-electron chi connectivity index (χ1n) is 19.6. The van der Waals surface area contributed by atoms with Gasteiger partial charge in [-0.1, -0.05) is 141 Å². The largest absolute Gasteiger partial charge is 0.481 e. The molecule has 0 atom stereocenters. The Balaban J connectivity index is 0.000000884. The standard InChI is InChI=1S/C22H42N2O.C18H34O2/c1-2-3-4-5-6-7-8-9-10-11-12-13-14-15-16-17-22-23-18-19-24(22)20-21-25;1-2-3-4-5-6-7-8-9-10-11-12-13-14-15-16-17-18(19)20/h9-10,25H,2-8,11-21H2,1H3;9-10H,2-8,11-17H2,1H3,(H,19,20)/b;10-9-. The van der Waals surface area contributed by atoms with E-state index in [1.807, 2.05) is 0 Å². The molecule has 0 saturated heterocycles. The smallest absolute Gasteiger partial charge is 0.303 e. The summed E-state index contributed by atoms with van der Waals surface area (Å²) in [5.41, 5.74) is 0. The van der Waals surface area contributed by atoms with Crippen LogP contribution in [0.5, 0.6) is 0 Å². The van der Waals surface area contributed by atoms with Crippen LogP contribution < -0.4 is 0 Å². The van der Waals surface area contributed by atoms with E-state index in [-0.39, 0.29) is 6.61 Å². The van der Waals surface area contributed by atoms with Crippen LogP contribution in [0.1, 0.15) is 194 Å². The van der Waals surface area contributed by atoms with Crippen molar-refractivity contribution in [2.45, 2.75) is 194 Å². The molecule has 45 heavy (non-hydrogen) atoms. The van der Waals surface area contributed by atoms with Crippen LogP contribution in [0.3, 0.4) is 0 Å². The Morgan fingerprint density at radius 1 is 0.622 bits per heavy atom. The highest BCUT2D eigenvalue weighted by molar-refractivity contribution is 5.83. The number of rotatable bonds is 32. The summed E-state index contributed by atoms with van der Waals surface area (Å²) in [6, 6.07) is 0. The van der Waals surface area contributed by atoms with Gasteiger partial charge in [-0.2, -0.15) is 0 Å². The van der Waals surface area contributed by atoms with E-state index in [0.717, 1.165) is 38.9 Å². The SMILES string of the molecule is CCCCCCCC/C=C\CCCCCCCC(=O)O.CCCCCCCCC=CCCCCCCCC1=NCCN1CCO. The van der Waals surface area contributed by atoms with E-state index >= 15 is 0 Å². The van der Waals surface area contributed by atoms with Crippen molar-refractivity contribution < 1.29 is 15.0 Å². The molecule has 2 N–H and O–H groups in total. The van der Waals surface area contributed by atoms with Crippen LogP contribution in [-0.4, -0.2) is 53.2 Å². The number of carbonyl (C=O) groups is 1. The molecule has 0 unspecified atom stereocenters. The lowest BCUT2D eigenvalue weighted by atomic mass is 10.1. The van der Waals surface area contributed by atoms with E-state index in [9.17, 15) is 4.79 Å². The molecule has 0 bridgehead atoms. The number of unbranched alkanes of at least 4 members (excludes halogenated alkanes) is 22. The third-order valence-electron chi connectivity index (χ3n) is 8.71. The summed E-state index contributed by atoms with van der Waals surface area (Å²) in [4.78, 5) is 17.1. The predicted molar refractivity (Wildman–Crippen MR) is 198 cm³/mol. The van der Waals surface area contributed by atoms with Crippen molar-refractivity contribution in [3.8, 4) is 0 Å². The maximum Gasteiger partial charge on any atom is 0.303 e. The molecule has 0 radical (unpaired) electrons. The van der Waals surface area contributed by atoms with Gasteiger partial charge in [0.1, 0.15) is 0 Å². The van der Waals surface area contributed by atoms with Gasteiger partial charge in [0.15, 0.2) is 0 Å². The molecule has 0 saturated carbocycles. The number of aliphatic hydroxyl groups excluding tert-OH is 1. The average molecular weight is 633 g/mol. The van der Waals surface area contributed by atoms with Crippen LogP contribution in [0, 0.1) is 0 Å². The first-order valence-corrected chi connectivity index (χ1v) is 19.6. The highest BCUT2D eigenvalue weighted by Crippen LogP contribution is 2.13. The lowest BCUT2D eigenvalue weighted by Gasteiger charge is -2.18. The molecule has 0 aromatic rings. The maximum absolute atomic E-state index is 10.3. The second-order valence-electron chi connectivity index (χ2n) is 13.1. The van der Waals surface area contributed by atoms with Crippen LogP contribution in [-0.2, 0) is 4.79 Å². The maximum atomic E-state index is 10.3. The van der Waals surface area contributed by atoms with E-state index < -0.39 is 5.97 Å². The minimum Gasteiger partial charge on any atom is -0.481 e. The molecule has 1 aliphatic heterocycles. The Kier molecular flexibility index (Phi) is 35.5. The van der Waals surface area contributed by atoms with Gasteiger partial charge >= 0.3 is 5.97 Å². The third-order valence-corrected chi connectivity index (χ3v) is 8.71. The van der Waals surface area contributed by atoms with Crippen molar-refractivity contribution in [2.24, 2.45) is 4.99 Å². The molecule has 0 amide bonds. The Morgan fingerprint density at radius 3 is 1.44 bits per heavy atom. The molecule has 264 valence electrons. The van der Waals surface area contributed by atoms with Gasteiger partial charge in [0.2, 0.25) is 0 Å². The predicted octanol–water partition coefficient (Wildman–Crippen LogP) is 11.8. The number of aliphatic hydroxyl groups is 1. The fourth-order valence-corrected chi connectivity index (χ4v) is 5.83. The Morgan fingerprint density at radius 2 is 1.02 bits per heavy atom. The van der Waals surface area contributed by atoms with E-state index in [4.69, 9.17) is 10.2 Å². The number of β-amino-alcohol motifs (C(OH)–C–C–N with tert-alkyl or cyclic N) is 1. The van der Waals surface area contributed by atoms with Crippen molar-refractivity contribution >= 4 is 11.8 Å². The van der Waals surface area contributed by atoms with Gasteiger partial charge in [-0.05, 0) is 64.2 Å². The zero-order valence-electron chi connectivity index (χ0n) is 30.1. The van der Waals surface area contributed by atoms with Crippen LogP contribution in [0.2, 0.25) is 0 Å². The number of carboxylic acid groups (broad SMARTS) is 1. The van der Waals surface area contributed by atoms with Crippen LogP contribution in [0.4, 0.5) is 0 Å². The molecule has 0 aromatic heterocycles. The molecule has 0 aromatic carbocycles. The molecule has 0 spiro atoms. The van der Waals surface area contributed by atoms with Gasteiger partial charge in [0, 0.05) is 25.9 Å². The summed E-state index contributed by atoms with van der Waals surface area (Å²) in [5.74, 6) is 0.564. The highest BCUT2D eigenvalue weighted by Gasteiger charge is 2.15.